The number of aromatic nitrogens is 2. The van der Waals surface area contributed by atoms with Crippen molar-refractivity contribution in [1.82, 2.24) is 20.4 Å². The maximum atomic E-state index is 13.4. The highest BCUT2D eigenvalue weighted by Crippen LogP contribution is 2.38. The van der Waals surface area contributed by atoms with Crippen LogP contribution in [0.2, 0.25) is 0 Å². The first-order valence-electron chi connectivity index (χ1n) is 11.8. The Morgan fingerprint density at radius 2 is 1.81 bits per heavy atom. The zero-order valence-corrected chi connectivity index (χ0v) is 20.8. The molecule has 3 aromatic carbocycles. The van der Waals surface area contributed by atoms with Gasteiger partial charge in [0.05, 0.1) is 25.3 Å². The number of benzene rings is 3. The van der Waals surface area contributed by atoms with Crippen LogP contribution in [0.3, 0.4) is 0 Å². The molecule has 4 aromatic rings. The number of rotatable bonds is 6. The molecule has 5 rings (SSSR count). The van der Waals surface area contributed by atoms with Crippen LogP contribution in [0.25, 0.3) is 17.0 Å². The van der Waals surface area contributed by atoms with Crippen LogP contribution >= 0.6 is 0 Å². The molecular formula is C29H28N4O3. The summed E-state index contributed by atoms with van der Waals surface area (Å²) >= 11 is 0. The van der Waals surface area contributed by atoms with Gasteiger partial charge in [-0.05, 0) is 55.7 Å². The molecule has 7 heteroatoms. The third-order valence-electron chi connectivity index (χ3n) is 6.55. The van der Waals surface area contributed by atoms with Crippen LogP contribution in [0.1, 0.15) is 41.1 Å². The van der Waals surface area contributed by atoms with Crippen molar-refractivity contribution in [3.8, 4) is 17.1 Å². The lowest BCUT2D eigenvalue weighted by atomic mass is 9.94. The molecule has 0 saturated heterocycles. The predicted molar refractivity (Wildman–Crippen MR) is 138 cm³/mol. The molecule has 2 heterocycles. The number of methoxy groups -OCH3 is 1. The monoisotopic (exact) mass is 480 g/mol. The van der Waals surface area contributed by atoms with Crippen molar-refractivity contribution in [3.05, 3.63) is 107 Å². The van der Waals surface area contributed by atoms with Crippen LogP contribution in [0, 0.1) is 13.8 Å². The van der Waals surface area contributed by atoms with Crippen molar-refractivity contribution < 1.29 is 14.1 Å². The molecule has 0 saturated carbocycles. The Hall–Kier alpha value is -4.39. The summed E-state index contributed by atoms with van der Waals surface area (Å²) in [5.41, 5.74) is 6.54. The van der Waals surface area contributed by atoms with Gasteiger partial charge >= 0.3 is 6.03 Å². The summed E-state index contributed by atoms with van der Waals surface area (Å²) in [6, 6.07) is 23.0. The first kappa shape index (κ1) is 23.4. The van der Waals surface area contributed by atoms with Gasteiger partial charge in [0, 0.05) is 11.3 Å². The molecule has 7 nitrogen and oxygen atoms in total. The number of ether oxygens (including phenoxy) is 1. The first-order valence-corrected chi connectivity index (χ1v) is 11.8. The number of hydrogen-bond acceptors (Lipinski definition) is 5. The lowest BCUT2D eigenvalue weighted by Gasteiger charge is -2.35. The molecule has 1 aliphatic heterocycles. The van der Waals surface area contributed by atoms with E-state index >= 15 is 0 Å². The minimum atomic E-state index is -0.480. The van der Waals surface area contributed by atoms with E-state index in [0.717, 1.165) is 39.1 Å². The number of amides is 2. The smallest absolute Gasteiger partial charge is 0.322 e. The van der Waals surface area contributed by atoms with Crippen LogP contribution in [-0.4, -0.2) is 28.2 Å². The zero-order chi connectivity index (χ0) is 25.2. The van der Waals surface area contributed by atoms with Crippen molar-refractivity contribution in [3.63, 3.8) is 0 Å². The maximum Gasteiger partial charge on any atom is 0.322 e. The molecule has 0 bridgehead atoms. The lowest BCUT2D eigenvalue weighted by molar-refractivity contribution is 0.203. The fourth-order valence-corrected chi connectivity index (χ4v) is 4.51. The minimum absolute atomic E-state index is 0.189. The molecule has 1 N–H and O–H groups in total. The summed E-state index contributed by atoms with van der Waals surface area (Å²) in [5, 5.41) is 7.42. The van der Waals surface area contributed by atoms with E-state index in [1.54, 1.807) is 12.0 Å². The van der Waals surface area contributed by atoms with Gasteiger partial charge in [-0.1, -0.05) is 65.3 Å². The minimum Gasteiger partial charge on any atom is -0.497 e. The average Bonchev–Trinajstić information content (AvgIpc) is 3.37. The molecule has 0 spiro atoms. The van der Waals surface area contributed by atoms with E-state index in [1.807, 2.05) is 93.6 Å². The van der Waals surface area contributed by atoms with Gasteiger partial charge in [-0.3, -0.25) is 4.90 Å². The maximum absolute atomic E-state index is 13.4. The third-order valence-corrected chi connectivity index (χ3v) is 6.55. The summed E-state index contributed by atoms with van der Waals surface area (Å²) < 4.78 is 11.2. The third kappa shape index (κ3) is 4.47. The number of carbonyl (C=O) groups is 1. The molecule has 0 radical (unpaired) electrons. The van der Waals surface area contributed by atoms with Crippen LogP contribution in [-0.2, 0) is 6.54 Å². The second-order valence-electron chi connectivity index (χ2n) is 8.96. The Bertz CT molecular complexity index is 1460. The largest absolute Gasteiger partial charge is 0.497 e. The lowest BCUT2D eigenvalue weighted by Crippen LogP contribution is -2.45. The van der Waals surface area contributed by atoms with E-state index in [-0.39, 0.29) is 6.03 Å². The van der Waals surface area contributed by atoms with E-state index in [4.69, 9.17) is 14.2 Å². The summed E-state index contributed by atoms with van der Waals surface area (Å²) in [7, 11) is 1.62. The second-order valence-corrected chi connectivity index (χ2v) is 8.96. The predicted octanol–water partition coefficient (Wildman–Crippen LogP) is 6.06. The number of urea groups is 1. The Kier molecular flexibility index (Phi) is 6.29. The Morgan fingerprint density at radius 1 is 1.00 bits per heavy atom. The SMILES string of the molecule is COc1cccc(C2NC(=O)N(Cc3ccccc3C)C(C)=C2c2nc(-c3cccc(C)c3)no2)c1. The van der Waals surface area contributed by atoms with Crippen molar-refractivity contribution in [2.45, 2.75) is 33.4 Å². The van der Waals surface area contributed by atoms with E-state index in [1.165, 1.54) is 0 Å². The number of nitrogens with zero attached hydrogens (tertiary/aromatic N) is 3. The average molecular weight is 481 g/mol. The van der Waals surface area contributed by atoms with Crippen molar-refractivity contribution in [2.75, 3.05) is 7.11 Å². The number of nitrogens with one attached hydrogen (secondary N) is 1. The summed E-state index contributed by atoms with van der Waals surface area (Å²) in [6.07, 6.45) is 0. The fraction of sp³-hybridized carbons (Fsp3) is 0.207. The molecule has 1 atom stereocenters. The van der Waals surface area contributed by atoms with Crippen LogP contribution in [0.5, 0.6) is 5.75 Å². The van der Waals surface area contributed by atoms with Gasteiger partial charge < -0.3 is 14.6 Å². The molecular weight excluding hydrogens is 452 g/mol. The van der Waals surface area contributed by atoms with Gasteiger partial charge in [0.1, 0.15) is 5.75 Å². The first-order chi connectivity index (χ1) is 17.4. The highest BCUT2D eigenvalue weighted by Gasteiger charge is 2.36. The van der Waals surface area contributed by atoms with E-state index < -0.39 is 6.04 Å². The zero-order valence-electron chi connectivity index (χ0n) is 20.8. The fourth-order valence-electron chi connectivity index (χ4n) is 4.51. The quantitative estimate of drug-likeness (QED) is 0.363. The molecule has 1 aromatic heterocycles. The molecule has 36 heavy (non-hydrogen) atoms. The van der Waals surface area contributed by atoms with Crippen LogP contribution in [0.15, 0.2) is 83.0 Å². The van der Waals surface area contributed by atoms with Crippen LogP contribution < -0.4 is 10.1 Å². The van der Waals surface area contributed by atoms with Crippen molar-refractivity contribution >= 4 is 11.6 Å². The number of aryl methyl sites for hydroxylation is 2. The van der Waals surface area contributed by atoms with Gasteiger partial charge in [-0.2, -0.15) is 4.98 Å². The van der Waals surface area contributed by atoms with Crippen LogP contribution in [0.4, 0.5) is 4.79 Å². The molecule has 0 aliphatic carbocycles. The van der Waals surface area contributed by atoms with Gasteiger partial charge in [0.15, 0.2) is 0 Å². The van der Waals surface area contributed by atoms with Gasteiger partial charge in [0.2, 0.25) is 5.82 Å². The van der Waals surface area contributed by atoms with Gasteiger partial charge in [-0.25, -0.2) is 4.79 Å². The summed E-state index contributed by atoms with van der Waals surface area (Å²) in [5.74, 6) is 1.57. The Balaban J connectivity index is 1.62. The Labute approximate surface area is 210 Å². The molecule has 1 unspecified atom stereocenters. The number of allylic oxidation sites excluding steroid dienone is 1. The standard InChI is InChI=1S/C29H28N4O3/c1-18-9-7-13-22(15-18)27-31-28(36-32-27)25-20(3)33(17-23-11-6-5-10-19(23)2)29(34)30-26(25)21-12-8-14-24(16-21)35-4/h5-16,26H,17H2,1-4H3,(H,30,34). The molecule has 182 valence electrons. The Morgan fingerprint density at radius 3 is 2.58 bits per heavy atom. The number of carbonyl (C=O) groups excluding carboxylic acids is 1. The van der Waals surface area contributed by atoms with Crippen molar-refractivity contribution in [2.24, 2.45) is 0 Å². The molecule has 1 aliphatic rings. The summed E-state index contributed by atoms with van der Waals surface area (Å²) in [6.45, 7) is 6.42. The summed E-state index contributed by atoms with van der Waals surface area (Å²) in [4.78, 5) is 19.9. The second kappa shape index (κ2) is 9.70. The highest BCUT2D eigenvalue weighted by molar-refractivity contribution is 5.87. The van der Waals surface area contributed by atoms with E-state index in [0.29, 0.717) is 24.0 Å². The van der Waals surface area contributed by atoms with Gasteiger partial charge in [-0.15, -0.1) is 0 Å². The van der Waals surface area contributed by atoms with Gasteiger partial charge in [0.25, 0.3) is 5.89 Å². The number of hydrogen-bond donors (Lipinski definition) is 1. The van der Waals surface area contributed by atoms with Crippen molar-refractivity contribution in [1.29, 1.82) is 0 Å². The normalized spacial score (nSPS) is 15.7. The molecule has 2 amide bonds. The topological polar surface area (TPSA) is 80.5 Å². The van der Waals surface area contributed by atoms with E-state index in [9.17, 15) is 4.79 Å². The highest BCUT2D eigenvalue weighted by atomic mass is 16.5. The molecule has 0 fully saturated rings. The van der Waals surface area contributed by atoms with E-state index in [2.05, 4.69) is 10.5 Å².